The molecule has 0 saturated carbocycles. The van der Waals surface area contributed by atoms with Crippen LogP contribution in [0.25, 0.3) is 11.1 Å². The van der Waals surface area contributed by atoms with Crippen LogP contribution in [0, 0.1) is 6.92 Å². The summed E-state index contributed by atoms with van der Waals surface area (Å²) in [6.07, 6.45) is -4.90. The van der Waals surface area contributed by atoms with E-state index in [1.54, 1.807) is 24.3 Å². The summed E-state index contributed by atoms with van der Waals surface area (Å²) in [5.74, 6) is -2.04. The Morgan fingerprint density at radius 2 is 1.81 bits per heavy atom. The standard InChI is InChI=1S/C26H23F3N4O4/c1-13-11-17(26(27,28)29)20(24(35)33(13)2)15-9-7-14(8-10-15)12-19(25(36)37)32-23(34)22-21(30)16-5-3-4-6-18(16)31-22/h3-11,19,21H,12,30H2,1-2H3,(H,32,34)(H,36,37). The summed E-state index contributed by atoms with van der Waals surface area (Å²) in [5, 5.41) is 12.1. The Morgan fingerprint density at radius 3 is 2.41 bits per heavy atom. The molecule has 0 aliphatic carbocycles. The summed E-state index contributed by atoms with van der Waals surface area (Å²) in [7, 11) is 1.38. The number of rotatable bonds is 6. The number of nitrogens with two attached hydrogens (primary N) is 1. The summed E-state index contributed by atoms with van der Waals surface area (Å²) in [6, 6.07) is 11.2. The average Bonchev–Trinajstić information content (AvgIpc) is 3.18. The fourth-order valence-electron chi connectivity index (χ4n) is 4.19. The Labute approximate surface area is 209 Å². The van der Waals surface area contributed by atoms with Crippen LogP contribution in [0.1, 0.15) is 28.4 Å². The summed E-state index contributed by atoms with van der Waals surface area (Å²) < 4.78 is 42.1. The molecule has 0 saturated heterocycles. The van der Waals surface area contributed by atoms with Crippen LogP contribution < -0.4 is 16.6 Å². The molecular formula is C26H23F3N4O4. The number of amides is 1. The molecule has 37 heavy (non-hydrogen) atoms. The third kappa shape index (κ3) is 5.03. The van der Waals surface area contributed by atoms with Crippen molar-refractivity contribution in [2.24, 2.45) is 17.8 Å². The number of para-hydroxylation sites is 1. The second-order valence-corrected chi connectivity index (χ2v) is 8.74. The van der Waals surface area contributed by atoms with E-state index in [0.29, 0.717) is 16.8 Å². The van der Waals surface area contributed by atoms with E-state index in [4.69, 9.17) is 5.73 Å². The van der Waals surface area contributed by atoms with Gasteiger partial charge >= 0.3 is 12.1 Å². The molecule has 2 aromatic carbocycles. The van der Waals surface area contributed by atoms with Crippen LogP contribution in [0.3, 0.4) is 0 Å². The molecule has 1 aliphatic rings. The van der Waals surface area contributed by atoms with Crippen molar-refractivity contribution in [3.63, 3.8) is 0 Å². The zero-order valence-electron chi connectivity index (χ0n) is 19.8. The quantitative estimate of drug-likeness (QED) is 0.467. The van der Waals surface area contributed by atoms with Crippen molar-refractivity contribution < 1.29 is 27.9 Å². The molecule has 4 rings (SSSR count). The van der Waals surface area contributed by atoms with Gasteiger partial charge in [0.15, 0.2) is 0 Å². The third-order valence-corrected chi connectivity index (χ3v) is 6.30. The number of nitrogens with zero attached hydrogens (tertiary/aromatic N) is 2. The molecule has 2 atom stereocenters. The Morgan fingerprint density at radius 1 is 1.16 bits per heavy atom. The Hall–Kier alpha value is -4.25. The van der Waals surface area contributed by atoms with E-state index in [0.717, 1.165) is 10.6 Å². The van der Waals surface area contributed by atoms with E-state index in [1.165, 1.54) is 38.2 Å². The molecule has 8 nitrogen and oxygen atoms in total. The van der Waals surface area contributed by atoms with Gasteiger partial charge in [-0.3, -0.25) is 9.59 Å². The second kappa shape index (κ2) is 9.66. The maximum absolute atomic E-state index is 13.7. The van der Waals surface area contributed by atoms with Crippen LogP contribution in [-0.2, 0) is 29.2 Å². The highest BCUT2D eigenvalue weighted by Gasteiger charge is 2.36. The summed E-state index contributed by atoms with van der Waals surface area (Å²) in [5.41, 5.74) is 5.54. The SMILES string of the molecule is Cc1cc(C(F)(F)F)c(-c2ccc(CC(NC(=O)C3=Nc4ccccc4C3N)C(=O)O)cc2)c(=O)n1C. The number of aliphatic imine (C=N–C) groups is 1. The fourth-order valence-corrected chi connectivity index (χ4v) is 4.19. The molecular weight excluding hydrogens is 489 g/mol. The number of carboxylic acid groups (broad SMARTS) is 1. The van der Waals surface area contributed by atoms with Gasteiger partial charge in [0, 0.05) is 24.7 Å². The first-order chi connectivity index (χ1) is 17.4. The molecule has 3 aromatic rings. The number of benzene rings is 2. The zero-order valence-corrected chi connectivity index (χ0v) is 19.8. The molecule has 2 heterocycles. The first kappa shape index (κ1) is 25.8. The number of carboxylic acids is 1. The maximum atomic E-state index is 13.7. The molecule has 1 amide bonds. The normalized spacial score (nSPS) is 15.6. The molecule has 11 heteroatoms. The predicted octanol–water partition coefficient (Wildman–Crippen LogP) is 3.28. The molecule has 0 fully saturated rings. The lowest BCUT2D eigenvalue weighted by Crippen LogP contribution is -2.46. The number of halogens is 3. The summed E-state index contributed by atoms with van der Waals surface area (Å²) in [4.78, 5) is 41.5. The molecule has 0 bridgehead atoms. The Kier molecular flexibility index (Phi) is 6.74. The number of carbonyl (C=O) groups is 2. The van der Waals surface area contributed by atoms with Crippen molar-refractivity contribution in [3.05, 3.63) is 87.3 Å². The zero-order chi connectivity index (χ0) is 27.1. The van der Waals surface area contributed by atoms with E-state index in [2.05, 4.69) is 10.3 Å². The number of fused-ring (bicyclic) bond motifs is 1. The molecule has 1 aliphatic heterocycles. The van der Waals surface area contributed by atoms with Gasteiger partial charge in [0.25, 0.3) is 11.5 Å². The topological polar surface area (TPSA) is 127 Å². The first-order valence-corrected chi connectivity index (χ1v) is 11.2. The van der Waals surface area contributed by atoms with Crippen molar-refractivity contribution in [1.82, 2.24) is 9.88 Å². The third-order valence-electron chi connectivity index (χ3n) is 6.30. The first-order valence-electron chi connectivity index (χ1n) is 11.2. The second-order valence-electron chi connectivity index (χ2n) is 8.74. The maximum Gasteiger partial charge on any atom is 0.417 e. The van der Waals surface area contributed by atoms with Crippen molar-refractivity contribution in [1.29, 1.82) is 0 Å². The van der Waals surface area contributed by atoms with Crippen molar-refractivity contribution >= 4 is 23.3 Å². The van der Waals surface area contributed by atoms with Gasteiger partial charge in [0.05, 0.1) is 22.9 Å². The Bertz CT molecular complexity index is 1480. The highest BCUT2D eigenvalue weighted by molar-refractivity contribution is 6.42. The molecule has 1 aromatic heterocycles. The van der Waals surface area contributed by atoms with E-state index in [1.807, 2.05) is 0 Å². The van der Waals surface area contributed by atoms with Crippen LogP contribution in [-0.4, -0.2) is 33.3 Å². The summed E-state index contributed by atoms with van der Waals surface area (Å²) in [6.45, 7) is 1.41. The fraction of sp³-hybridized carbons (Fsp3) is 0.231. The van der Waals surface area contributed by atoms with Crippen LogP contribution in [0.4, 0.5) is 18.9 Å². The lowest BCUT2D eigenvalue weighted by atomic mass is 9.97. The van der Waals surface area contributed by atoms with E-state index < -0.39 is 46.8 Å². The van der Waals surface area contributed by atoms with Crippen LogP contribution in [0.15, 0.2) is 64.4 Å². The summed E-state index contributed by atoms with van der Waals surface area (Å²) >= 11 is 0. The number of nitrogens with one attached hydrogen (secondary N) is 1. The van der Waals surface area contributed by atoms with E-state index >= 15 is 0 Å². The van der Waals surface area contributed by atoms with Crippen molar-refractivity contribution in [3.8, 4) is 11.1 Å². The minimum Gasteiger partial charge on any atom is -0.480 e. The number of hydrogen-bond donors (Lipinski definition) is 3. The van der Waals surface area contributed by atoms with Crippen LogP contribution >= 0.6 is 0 Å². The van der Waals surface area contributed by atoms with Gasteiger partial charge in [-0.25, -0.2) is 9.79 Å². The highest BCUT2D eigenvalue weighted by atomic mass is 19.4. The number of aromatic nitrogens is 1. The number of aryl methyl sites for hydroxylation is 1. The van der Waals surface area contributed by atoms with Gasteiger partial charge in [-0.2, -0.15) is 13.2 Å². The van der Waals surface area contributed by atoms with Crippen molar-refractivity contribution in [2.75, 3.05) is 0 Å². The smallest absolute Gasteiger partial charge is 0.417 e. The Balaban J connectivity index is 1.56. The monoisotopic (exact) mass is 512 g/mol. The minimum absolute atomic E-state index is 0.0160. The predicted molar refractivity (Wildman–Crippen MR) is 131 cm³/mol. The molecule has 4 N–H and O–H groups in total. The molecule has 2 unspecified atom stereocenters. The van der Waals surface area contributed by atoms with Gasteiger partial charge in [0.1, 0.15) is 11.8 Å². The van der Waals surface area contributed by atoms with Gasteiger partial charge in [-0.05, 0) is 30.2 Å². The lowest BCUT2D eigenvalue weighted by molar-refractivity contribution is -0.141. The van der Waals surface area contributed by atoms with Gasteiger partial charge in [0.2, 0.25) is 0 Å². The number of aliphatic carboxylic acids is 1. The van der Waals surface area contributed by atoms with Gasteiger partial charge in [-0.15, -0.1) is 0 Å². The highest BCUT2D eigenvalue weighted by Crippen LogP contribution is 2.36. The van der Waals surface area contributed by atoms with Gasteiger partial charge in [-0.1, -0.05) is 42.5 Å². The van der Waals surface area contributed by atoms with Crippen LogP contribution in [0.5, 0.6) is 0 Å². The number of hydrogen-bond acceptors (Lipinski definition) is 5. The van der Waals surface area contributed by atoms with Gasteiger partial charge < -0.3 is 20.7 Å². The van der Waals surface area contributed by atoms with E-state index in [-0.39, 0.29) is 23.4 Å². The molecule has 0 spiro atoms. The number of pyridine rings is 1. The minimum atomic E-state index is -4.74. The number of carbonyl (C=O) groups excluding carboxylic acids is 1. The largest absolute Gasteiger partial charge is 0.480 e. The average molecular weight is 512 g/mol. The van der Waals surface area contributed by atoms with Crippen molar-refractivity contribution in [2.45, 2.75) is 31.6 Å². The lowest BCUT2D eigenvalue weighted by Gasteiger charge is -2.17. The number of alkyl halides is 3. The molecule has 0 radical (unpaired) electrons. The van der Waals surface area contributed by atoms with E-state index in [9.17, 15) is 32.7 Å². The molecule has 192 valence electrons. The van der Waals surface area contributed by atoms with Crippen LogP contribution in [0.2, 0.25) is 0 Å².